The molecule has 27 heavy (non-hydrogen) atoms. The van der Waals surface area contributed by atoms with Crippen molar-refractivity contribution in [3.05, 3.63) is 71.3 Å². The van der Waals surface area contributed by atoms with Gasteiger partial charge in [-0.2, -0.15) is 0 Å². The Kier molecular flexibility index (Phi) is 8.92. The lowest BCUT2D eigenvalue weighted by Gasteiger charge is -2.21. The summed E-state index contributed by atoms with van der Waals surface area (Å²) in [6.45, 7) is 4.91. The minimum Gasteiger partial charge on any atom is -0.382 e. The van der Waals surface area contributed by atoms with Crippen LogP contribution < -0.4 is 0 Å². The van der Waals surface area contributed by atoms with Gasteiger partial charge in [0.05, 0.1) is 19.3 Å². The first kappa shape index (κ1) is 21.0. The van der Waals surface area contributed by atoms with Crippen LogP contribution in [0.2, 0.25) is 0 Å². The fourth-order valence-electron chi connectivity index (χ4n) is 2.75. The number of carbonyl (C=O) groups excluding carboxylic acids is 1. The van der Waals surface area contributed by atoms with E-state index in [-0.39, 0.29) is 18.7 Å². The first-order valence-corrected chi connectivity index (χ1v) is 9.22. The average molecular weight is 368 g/mol. The second-order valence-electron chi connectivity index (χ2n) is 6.23. The predicted octanol–water partition coefficient (Wildman–Crippen LogP) is 4.85. The van der Waals surface area contributed by atoms with Crippen molar-refractivity contribution >= 4 is 17.4 Å². The van der Waals surface area contributed by atoms with Crippen LogP contribution >= 0.6 is 0 Å². The van der Waals surface area contributed by atoms with Crippen molar-refractivity contribution < 1.29 is 19.0 Å². The summed E-state index contributed by atoms with van der Waals surface area (Å²) in [6.07, 6.45) is 2.82. The Bertz CT molecular complexity index is 720. The summed E-state index contributed by atoms with van der Waals surface area (Å²) in [5.41, 5.74) is 3.90. The van der Waals surface area contributed by atoms with Gasteiger partial charge in [0.15, 0.2) is 5.78 Å². The van der Waals surface area contributed by atoms with E-state index < -0.39 is 0 Å². The quantitative estimate of drug-likeness (QED) is 0.246. The molecule has 2 aromatic carbocycles. The number of hydrogen-bond donors (Lipinski definition) is 0. The Labute approximate surface area is 161 Å². The first-order chi connectivity index (χ1) is 13.2. The van der Waals surface area contributed by atoms with Gasteiger partial charge in [-0.15, -0.1) is 0 Å². The molecule has 144 valence electrons. The van der Waals surface area contributed by atoms with Crippen molar-refractivity contribution in [3.8, 4) is 0 Å². The molecule has 0 N–H and O–H groups in total. The summed E-state index contributed by atoms with van der Waals surface area (Å²) in [5.74, 6) is 0.0602. The third-order valence-corrected chi connectivity index (χ3v) is 4.25. The Balaban J connectivity index is 2.25. The van der Waals surface area contributed by atoms with Gasteiger partial charge in [0.2, 0.25) is 0 Å². The van der Waals surface area contributed by atoms with E-state index in [0.29, 0.717) is 18.8 Å². The minimum atomic E-state index is -0.115. The van der Waals surface area contributed by atoms with Gasteiger partial charge in [-0.1, -0.05) is 61.5 Å². The summed E-state index contributed by atoms with van der Waals surface area (Å²) < 4.78 is 16.4. The second-order valence-corrected chi connectivity index (χ2v) is 6.23. The van der Waals surface area contributed by atoms with Gasteiger partial charge >= 0.3 is 0 Å². The van der Waals surface area contributed by atoms with E-state index in [0.717, 1.165) is 23.1 Å². The molecule has 0 fully saturated rings. The molecule has 0 saturated heterocycles. The molecular weight excluding hydrogens is 340 g/mol. The van der Waals surface area contributed by atoms with Crippen molar-refractivity contribution in [2.45, 2.75) is 26.4 Å². The van der Waals surface area contributed by atoms with E-state index >= 15 is 0 Å². The predicted molar refractivity (Wildman–Crippen MR) is 109 cm³/mol. The molecule has 0 spiro atoms. The van der Waals surface area contributed by atoms with Crippen LogP contribution in [0.25, 0.3) is 11.6 Å². The lowest BCUT2D eigenvalue weighted by Crippen LogP contribution is -2.17. The fourth-order valence-corrected chi connectivity index (χ4v) is 2.75. The summed E-state index contributed by atoms with van der Waals surface area (Å²) in [5, 5.41) is 0. The van der Waals surface area contributed by atoms with E-state index in [1.807, 2.05) is 42.5 Å². The van der Waals surface area contributed by atoms with Crippen molar-refractivity contribution in [2.75, 3.05) is 27.1 Å². The van der Waals surface area contributed by atoms with Gasteiger partial charge in [-0.05, 0) is 36.1 Å². The number of benzene rings is 2. The topological polar surface area (TPSA) is 44.8 Å². The van der Waals surface area contributed by atoms with Crippen molar-refractivity contribution in [1.82, 2.24) is 0 Å². The molecule has 2 rings (SSSR count). The second kappa shape index (κ2) is 11.4. The van der Waals surface area contributed by atoms with E-state index in [1.54, 1.807) is 14.0 Å². The molecule has 2 aromatic rings. The number of ketones is 1. The molecule has 0 amide bonds. The maximum atomic E-state index is 11.6. The molecule has 0 heterocycles. The summed E-state index contributed by atoms with van der Waals surface area (Å²) in [6, 6.07) is 17.8. The molecule has 0 radical (unpaired) electrons. The van der Waals surface area contributed by atoms with E-state index in [2.05, 4.69) is 25.1 Å². The van der Waals surface area contributed by atoms with Crippen molar-refractivity contribution in [3.63, 3.8) is 0 Å². The highest BCUT2D eigenvalue weighted by Crippen LogP contribution is 2.26. The van der Waals surface area contributed by atoms with Gasteiger partial charge in [0.25, 0.3) is 0 Å². The molecule has 1 atom stereocenters. The molecule has 4 nitrogen and oxygen atoms in total. The number of rotatable bonds is 11. The number of carbonyl (C=O) groups is 1. The maximum absolute atomic E-state index is 11.6. The summed E-state index contributed by atoms with van der Waals surface area (Å²) >= 11 is 0. The van der Waals surface area contributed by atoms with E-state index in [4.69, 9.17) is 14.2 Å². The highest BCUT2D eigenvalue weighted by atomic mass is 16.7. The Morgan fingerprint density at radius 2 is 1.67 bits per heavy atom. The lowest BCUT2D eigenvalue weighted by molar-refractivity contribution is -0.0825. The smallest absolute Gasteiger partial charge is 0.159 e. The lowest BCUT2D eigenvalue weighted by atomic mass is 9.95. The van der Waals surface area contributed by atoms with Crippen LogP contribution in [0.5, 0.6) is 0 Å². The molecule has 4 heteroatoms. The summed E-state index contributed by atoms with van der Waals surface area (Å²) in [7, 11) is 1.64. The SMILES string of the molecule is CCC(OCOCCOC)/C(=C\c1ccccc1)c1ccc(C(C)=O)cc1. The molecule has 0 aliphatic rings. The van der Waals surface area contributed by atoms with Gasteiger partial charge in [0, 0.05) is 12.7 Å². The molecular formula is C23H28O4. The molecule has 0 aliphatic carbocycles. The number of hydrogen-bond acceptors (Lipinski definition) is 4. The van der Waals surface area contributed by atoms with Crippen LogP contribution in [0.15, 0.2) is 54.6 Å². The van der Waals surface area contributed by atoms with Crippen LogP contribution in [0.1, 0.15) is 41.8 Å². The van der Waals surface area contributed by atoms with Crippen LogP contribution in [0.3, 0.4) is 0 Å². The van der Waals surface area contributed by atoms with E-state index in [9.17, 15) is 4.79 Å². The highest BCUT2D eigenvalue weighted by Gasteiger charge is 2.16. The molecule has 0 aromatic heterocycles. The zero-order valence-electron chi connectivity index (χ0n) is 16.3. The van der Waals surface area contributed by atoms with Gasteiger partial charge in [0.1, 0.15) is 6.79 Å². The standard InChI is InChI=1S/C23H28O4/c1-4-23(27-17-26-15-14-25-3)22(16-19-8-6-5-7-9-19)21-12-10-20(11-13-21)18(2)24/h5-13,16,23H,4,14-15,17H2,1-3H3/b22-16-. The molecule has 0 saturated carbocycles. The Morgan fingerprint density at radius 3 is 2.26 bits per heavy atom. The Morgan fingerprint density at radius 1 is 1.00 bits per heavy atom. The largest absolute Gasteiger partial charge is 0.382 e. The van der Waals surface area contributed by atoms with Gasteiger partial charge < -0.3 is 14.2 Å². The number of Topliss-reactive ketones (excluding diaryl/α,β-unsaturated/α-hetero) is 1. The van der Waals surface area contributed by atoms with E-state index in [1.165, 1.54) is 0 Å². The van der Waals surface area contributed by atoms with Crippen LogP contribution in [0.4, 0.5) is 0 Å². The zero-order valence-corrected chi connectivity index (χ0v) is 16.3. The number of ether oxygens (including phenoxy) is 3. The zero-order chi connectivity index (χ0) is 19.5. The van der Waals surface area contributed by atoms with Crippen LogP contribution in [-0.2, 0) is 14.2 Å². The molecule has 0 aliphatic heterocycles. The van der Waals surface area contributed by atoms with Gasteiger partial charge in [-0.25, -0.2) is 0 Å². The van der Waals surface area contributed by atoms with Gasteiger partial charge in [-0.3, -0.25) is 4.79 Å². The van der Waals surface area contributed by atoms with Crippen molar-refractivity contribution in [1.29, 1.82) is 0 Å². The minimum absolute atomic E-state index is 0.0602. The first-order valence-electron chi connectivity index (χ1n) is 9.22. The fraction of sp³-hybridized carbons (Fsp3) is 0.348. The van der Waals surface area contributed by atoms with Crippen LogP contribution in [-0.4, -0.2) is 39.0 Å². The maximum Gasteiger partial charge on any atom is 0.159 e. The third-order valence-electron chi connectivity index (χ3n) is 4.25. The molecule has 0 bridgehead atoms. The normalized spacial score (nSPS) is 12.8. The third kappa shape index (κ3) is 6.75. The van der Waals surface area contributed by atoms with Crippen LogP contribution in [0, 0.1) is 0 Å². The molecule has 1 unspecified atom stereocenters. The average Bonchev–Trinajstić information content (AvgIpc) is 2.70. The van der Waals surface area contributed by atoms with Crippen molar-refractivity contribution in [2.24, 2.45) is 0 Å². The Hall–Kier alpha value is -2.27. The number of methoxy groups -OCH3 is 1. The highest BCUT2D eigenvalue weighted by molar-refractivity contribution is 5.94. The summed E-state index contributed by atoms with van der Waals surface area (Å²) in [4.78, 5) is 11.6. The monoisotopic (exact) mass is 368 g/mol.